The number of carbonyl (C=O) groups excluding carboxylic acids is 1. The average Bonchev–Trinajstić information content (AvgIpc) is 2.75. The fourth-order valence-corrected chi connectivity index (χ4v) is 1.41. The maximum Gasteiger partial charge on any atom is 0.239 e. The molecule has 6 nitrogen and oxygen atoms in total. The zero-order chi connectivity index (χ0) is 12.1. The molecule has 0 bridgehead atoms. The molecule has 2 aromatic rings. The van der Waals surface area contributed by atoms with Crippen molar-refractivity contribution >= 4 is 11.6 Å². The number of nitrogens with one attached hydrogen (secondary N) is 1. The molecule has 2 aromatic heterocycles. The number of primary amides is 1. The number of nitrogens with zero attached hydrogens (tertiary/aromatic N) is 3. The average molecular weight is 231 g/mol. The molecule has 0 saturated carbocycles. The summed E-state index contributed by atoms with van der Waals surface area (Å²) < 4.78 is 1.50. The Labute approximate surface area is 98.5 Å². The highest BCUT2D eigenvalue weighted by Gasteiger charge is 2.00. The second kappa shape index (κ2) is 5.11. The minimum Gasteiger partial charge on any atom is -0.378 e. The van der Waals surface area contributed by atoms with E-state index in [1.807, 2.05) is 12.1 Å². The first-order valence-corrected chi connectivity index (χ1v) is 5.17. The number of amides is 1. The summed E-state index contributed by atoms with van der Waals surface area (Å²) in [7, 11) is 0. The molecule has 0 fully saturated rings. The zero-order valence-corrected chi connectivity index (χ0v) is 9.21. The molecular weight excluding hydrogens is 218 g/mol. The molecule has 0 aliphatic rings. The third-order valence-corrected chi connectivity index (χ3v) is 2.20. The van der Waals surface area contributed by atoms with Crippen LogP contribution in [0.25, 0.3) is 0 Å². The summed E-state index contributed by atoms with van der Waals surface area (Å²) in [4.78, 5) is 14.6. The number of rotatable bonds is 5. The molecule has 0 aromatic carbocycles. The fourth-order valence-electron chi connectivity index (χ4n) is 1.41. The second-order valence-corrected chi connectivity index (χ2v) is 3.60. The first-order chi connectivity index (χ1) is 8.24. The van der Waals surface area contributed by atoms with Crippen molar-refractivity contribution in [3.63, 3.8) is 0 Å². The van der Waals surface area contributed by atoms with Crippen LogP contribution >= 0.6 is 0 Å². The molecule has 3 N–H and O–H groups in total. The third kappa shape index (κ3) is 3.30. The van der Waals surface area contributed by atoms with Crippen LogP contribution in [-0.4, -0.2) is 20.7 Å². The van der Waals surface area contributed by atoms with Crippen molar-refractivity contribution in [2.24, 2.45) is 5.73 Å². The van der Waals surface area contributed by atoms with Crippen LogP contribution in [-0.2, 0) is 17.9 Å². The summed E-state index contributed by atoms with van der Waals surface area (Å²) in [6.07, 6.45) is 6.89. The minimum atomic E-state index is -0.409. The minimum absolute atomic E-state index is 0.0942. The largest absolute Gasteiger partial charge is 0.378 e. The van der Waals surface area contributed by atoms with Crippen LogP contribution in [0, 0.1) is 0 Å². The van der Waals surface area contributed by atoms with Gasteiger partial charge in [0.2, 0.25) is 5.91 Å². The van der Waals surface area contributed by atoms with Crippen LogP contribution in [0.3, 0.4) is 0 Å². The highest BCUT2D eigenvalue weighted by atomic mass is 16.1. The van der Waals surface area contributed by atoms with Gasteiger partial charge >= 0.3 is 0 Å². The summed E-state index contributed by atoms with van der Waals surface area (Å²) in [6.45, 7) is 0.779. The van der Waals surface area contributed by atoms with Gasteiger partial charge in [0.25, 0.3) is 0 Å². The molecule has 2 heterocycles. The fraction of sp³-hybridized carbons (Fsp3) is 0.182. The summed E-state index contributed by atoms with van der Waals surface area (Å²) in [6, 6.07) is 3.86. The predicted molar refractivity (Wildman–Crippen MR) is 63.0 cm³/mol. The van der Waals surface area contributed by atoms with Crippen molar-refractivity contribution in [1.82, 2.24) is 14.8 Å². The molecule has 0 unspecified atom stereocenters. The molecule has 0 saturated heterocycles. The van der Waals surface area contributed by atoms with E-state index < -0.39 is 5.91 Å². The number of carbonyl (C=O) groups is 1. The van der Waals surface area contributed by atoms with Crippen molar-refractivity contribution in [1.29, 1.82) is 0 Å². The van der Waals surface area contributed by atoms with Crippen LogP contribution < -0.4 is 11.1 Å². The lowest BCUT2D eigenvalue weighted by atomic mass is 10.3. The predicted octanol–water partition coefficient (Wildman–Crippen LogP) is 0.375. The normalized spacial score (nSPS) is 10.1. The van der Waals surface area contributed by atoms with Crippen LogP contribution in [0.2, 0.25) is 0 Å². The number of hydrogen-bond acceptors (Lipinski definition) is 4. The van der Waals surface area contributed by atoms with Gasteiger partial charge in [-0.15, -0.1) is 0 Å². The molecule has 0 radical (unpaired) electrons. The molecule has 17 heavy (non-hydrogen) atoms. The van der Waals surface area contributed by atoms with E-state index in [1.54, 1.807) is 24.8 Å². The van der Waals surface area contributed by atoms with Gasteiger partial charge in [0.1, 0.15) is 6.54 Å². The highest BCUT2D eigenvalue weighted by Crippen LogP contribution is 2.07. The number of nitrogens with two attached hydrogens (primary N) is 1. The van der Waals surface area contributed by atoms with Crippen molar-refractivity contribution in [2.75, 3.05) is 5.32 Å². The van der Waals surface area contributed by atoms with E-state index in [1.165, 1.54) is 4.68 Å². The number of pyridine rings is 1. The maximum atomic E-state index is 10.7. The Kier molecular flexibility index (Phi) is 3.34. The lowest BCUT2D eigenvalue weighted by molar-refractivity contribution is -0.118. The zero-order valence-electron chi connectivity index (χ0n) is 9.21. The first-order valence-electron chi connectivity index (χ1n) is 5.17. The van der Waals surface area contributed by atoms with Gasteiger partial charge in [0, 0.05) is 25.1 Å². The summed E-state index contributed by atoms with van der Waals surface area (Å²) in [5, 5.41) is 7.20. The van der Waals surface area contributed by atoms with Gasteiger partial charge in [-0.2, -0.15) is 5.10 Å². The standard InChI is InChI=1S/C11H13N5O/c12-11(17)8-16-7-10(6-15-16)14-5-9-1-3-13-4-2-9/h1-4,6-7,14H,5,8H2,(H2,12,17). The Balaban J connectivity index is 1.91. The van der Waals surface area contributed by atoms with E-state index >= 15 is 0 Å². The monoisotopic (exact) mass is 231 g/mol. The third-order valence-electron chi connectivity index (χ3n) is 2.20. The van der Waals surface area contributed by atoms with Gasteiger partial charge in [0.05, 0.1) is 11.9 Å². The van der Waals surface area contributed by atoms with Gasteiger partial charge in [0.15, 0.2) is 0 Å². The van der Waals surface area contributed by atoms with Crippen molar-refractivity contribution < 1.29 is 4.79 Å². The van der Waals surface area contributed by atoms with Gasteiger partial charge < -0.3 is 11.1 Å². The van der Waals surface area contributed by atoms with Gasteiger partial charge in [-0.05, 0) is 17.7 Å². The summed E-state index contributed by atoms with van der Waals surface area (Å²) in [5.74, 6) is -0.409. The summed E-state index contributed by atoms with van der Waals surface area (Å²) >= 11 is 0. The van der Waals surface area contributed by atoms with Crippen molar-refractivity contribution in [2.45, 2.75) is 13.1 Å². The van der Waals surface area contributed by atoms with Crippen molar-refractivity contribution in [3.8, 4) is 0 Å². The number of aromatic nitrogens is 3. The molecule has 0 aliphatic heterocycles. The quantitative estimate of drug-likeness (QED) is 0.778. The van der Waals surface area contributed by atoms with Gasteiger partial charge in [-0.3, -0.25) is 14.5 Å². The molecule has 1 amide bonds. The van der Waals surface area contributed by atoms with E-state index in [0.29, 0.717) is 6.54 Å². The van der Waals surface area contributed by atoms with E-state index in [9.17, 15) is 4.79 Å². The molecule has 2 rings (SSSR count). The Morgan fingerprint density at radius 2 is 2.18 bits per heavy atom. The molecular formula is C11H13N5O. The Morgan fingerprint density at radius 1 is 1.41 bits per heavy atom. The van der Waals surface area contributed by atoms with Crippen LogP contribution in [0.15, 0.2) is 36.9 Å². The smallest absolute Gasteiger partial charge is 0.239 e. The second-order valence-electron chi connectivity index (χ2n) is 3.60. The Morgan fingerprint density at radius 3 is 2.88 bits per heavy atom. The van der Waals surface area contributed by atoms with E-state index in [-0.39, 0.29) is 6.54 Å². The number of hydrogen-bond donors (Lipinski definition) is 2. The topological polar surface area (TPSA) is 85.8 Å². The highest BCUT2D eigenvalue weighted by molar-refractivity contribution is 5.73. The molecule has 0 spiro atoms. The molecule has 6 heteroatoms. The van der Waals surface area contributed by atoms with E-state index in [2.05, 4.69) is 15.4 Å². The summed E-state index contributed by atoms with van der Waals surface area (Å²) in [5.41, 5.74) is 7.05. The van der Waals surface area contributed by atoms with E-state index in [4.69, 9.17) is 5.73 Å². The Hall–Kier alpha value is -2.37. The number of anilines is 1. The van der Waals surface area contributed by atoms with Gasteiger partial charge in [-0.25, -0.2) is 0 Å². The van der Waals surface area contributed by atoms with Crippen LogP contribution in [0.1, 0.15) is 5.56 Å². The van der Waals surface area contributed by atoms with E-state index in [0.717, 1.165) is 11.3 Å². The molecule has 0 atom stereocenters. The molecule has 88 valence electrons. The lowest BCUT2D eigenvalue weighted by Gasteiger charge is -2.02. The lowest BCUT2D eigenvalue weighted by Crippen LogP contribution is -2.18. The van der Waals surface area contributed by atoms with Crippen LogP contribution in [0.4, 0.5) is 5.69 Å². The Bertz CT molecular complexity index is 494. The van der Waals surface area contributed by atoms with Crippen molar-refractivity contribution in [3.05, 3.63) is 42.5 Å². The maximum absolute atomic E-state index is 10.7. The molecule has 0 aliphatic carbocycles. The first kappa shape index (κ1) is 11.1. The van der Waals surface area contributed by atoms with Crippen LogP contribution in [0.5, 0.6) is 0 Å². The SMILES string of the molecule is NC(=O)Cn1cc(NCc2ccncc2)cn1. The van der Waals surface area contributed by atoms with Gasteiger partial charge in [-0.1, -0.05) is 0 Å².